The molecule has 1 aromatic carbocycles. The Morgan fingerprint density at radius 1 is 1.39 bits per heavy atom. The van der Waals surface area contributed by atoms with Gasteiger partial charge in [-0.3, -0.25) is 9.59 Å². The third-order valence-corrected chi connectivity index (χ3v) is 3.93. The van der Waals surface area contributed by atoms with Crippen molar-refractivity contribution in [3.05, 3.63) is 41.1 Å². The minimum Gasteiger partial charge on any atom is -0.376 e. The summed E-state index contributed by atoms with van der Waals surface area (Å²) >= 11 is 5.86. The van der Waals surface area contributed by atoms with Crippen LogP contribution in [0.3, 0.4) is 0 Å². The lowest BCUT2D eigenvalue weighted by Gasteiger charge is -2.29. The number of carbonyl (C=O) groups is 2. The lowest BCUT2D eigenvalue weighted by atomic mass is 9.96. The van der Waals surface area contributed by atoms with Crippen molar-refractivity contribution < 1.29 is 9.59 Å². The number of nitriles is 1. The SMILES string of the molecule is N#CC(=CN1CCC(C(N)=O)CC1)C(=O)Nc1cccc(Cl)c1. The summed E-state index contributed by atoms with van der Waals surface area (Å²) in [7, 11) is 0. The molecule has 3 N–H and O–H groups in total. The number of nitrogens with two attached hydrogens (primary N) is 1. The number of nitrogens with one attached hydrogen (secondary N) is 1. The highest BCUT2D eigenvalue weighted by Crippen LogP contribution is 2.18. The maximum atomic E-state index is 12.2. The average Bonchev–Trinajstić information content (AvgIpc) is 2.53. The smallest absolute Gasteiger partial charge is 0.267 e. The molecule has 1 aliphatic heterocycles. The molecule has 1 aromatic rings. The summed E-state index contributed by atoms with van der Waals surface area (Å²) in [6.45, 7) is 1.17. The molecule has 1 saturated heterocycles. The van der Waals surface area contributed by atoms with E-state index in [0.29, 0.717) is 36.6 Å². The third-order valence-electron chi connectivity index (χ3n) is 3.69. The maximum Gasteiger partial charge on any atom is 0.267 e. The van der Waals surface area contributed by atoms with Crippen molar-refractivity contribution in [2.45, 2.75) is 12.8 Å². The van der Waals surface area contributed by atoms with Gasteiger partial charge in [0.05, 0.1) is 0 Å². The van der Waals surface area contributed by atoms with Crippen LogP contribution in [0, 0.1) is 17.2 Å². The zero-order valence-corrected chi connectivity index (χ0v) is 13.2. The van der Waals surface area contributed by atoms with Crippen LogP contribution in [0.15, 0.2) is 36.0 Å². The highest BCUT2D eigenvalue weighted by molar-refractivity contribution is 6.31. The second kappa shape index (κ2) is 7.65. The average molecular weight is 333 g/mol. The number of primary amides is 1. The van der Waals surface area contributed by atoms with Gasteiger partial charge in [0, 0.05) is 35.9 Å². The van der Waals surface area contributed by atoms with E-state index in [4.69, 9.17) is 17.3 Å². The van der Waals surface area contributed by atoms with Crippen LogP contribution in [0.4, 0.5) is 5.69 Å². The number of hydrogen-bond donors (Lipinski definition) is 2. The normalized spacial score (nSPS) is 15.8. The van der Waals surface area contributed by atoms with E-state index in [9.17, 15) is 14.9 Å². The third kappa shape index (κ3) is 4.73. The summed E-state index contributed by atoms with van der Waals surface area (Å²) in [6, 6.07) is 8.60. The van der Waals surface area contributed by atoms with Crippen LogP contribution in [0.5, 0.6) is 0 Å². The summed E-state index contributed by atoms with van der Waals surface area (Å²) in [5, 5.41) is 12.3. The Kier molecular flexibility index (Phi) is 5.61. The predicted molar refractivity (Wildman–Crippen MR) is 87.3 cm³/mol. The van der Waals surface area contributed by atoms with E-state index in [2.05, 4.69) is 5.32 Å². The number of hydrogen-bond acceptors (Lipinski definition) is 4. The fourth-order valence-electron chi connectivity index (χ4n) is 2.40. The summed E-state index contributed by atoms with van der Waals surface area (Å²) in [6.07, 6.45) is 2.78. The number of piperidine rings is 1. The fourth-order valence-corrected chi connectivity index (χ4v) is 2.59. The van der Waals surface area contributed by atoms with Gasteiger partial charge in [-0.15, -0.1) is 0 Å². The topological polar surface area (TPSA) is 99.2 Å². The Balaban J connectivity index is 2.00. The quantitative estimate of drug-likeness (QED) is 0.649. The van der Waals surface area contributed by atoms with Gasteiger partial charge in [0.25, 0.3) is 5.91 Å². The summed E-state index contributed by atoms with van der Waals surface area (Å²) < 4.78 is 0. The number of halogens is 1. The van der Waals surface area contributed by atoms with Gasteiger partial charge >= 0.3 is 0 Å². The molecule has 6 nitrogen and oxygen atoms in total. The van der Waals surface area contributed by atoms with Crippen LogP contribution >= 0.6 is 11.6 Å². The Morgan fingerprint density at radius 2 is 2.09 bits per heavy atom. The number of nitrogens with zero attached hydrogens (tertiary/aromatic N) is 2. The predicted octanol–water partition coefficient (Wildman–Crippen LogP) is 1.88. The van der Waals surface area contributed by atoms with Crippen molar-refractivity contribution in [1.29, 1.82) is 5.26 Å². The second-order valence-corrected chi connectivity index (χ2v) is 5.77. The molecule has 0 aliphatic carbocycles. The summed E-state index contributed by atoms with van der Waals surface area (Å²) in [5.41, 5.74) is 5.81. The van der Waals surface area contributed by atoms with Crippen LogP contribution < -0.4 is 11.1 Å². The number of rotatable bonds is 4. The molecule has 0 radical (unpaired) electrons. The van der Waals surface area contributed by atoms with Crippen molar-refractivity contribution in [3.8, 4) is 6.07 Å². The monoisotopic (exact) mass is 332 g/mol. The van der Waals surface area contributed by atoms with E-state index in [1.54, 1.807) is 24.3 Å². The van der Waals surface area contributed by atoms with Gasteiger partial charge in [-0.2, -0.15) is 5.26 Å². The standard InChI is InChI=1S/C16H17ClN4O2/c17-13-2-1-3-14(8-13)20-16(23)12(9-18)10-21-6-4-11(5-7-21)15(19)22/h1-3,8,10-11H,4-7H2,(H2,19,22)(H,20,23). The van der Waals surface area contributed by atoms with E-state index < -0.39 is 5.91 Å². The molecule has 2 amide bonds. The van der Waals surface area contributed by atoms with Gasteiger partial charge in [0.15, 0.2) is 0 Å². The van der Waals surface area contributed by atoms with Gasteiger partial charge < -0.3 is 16.0 Å². The summed E-state index contributed by atoms with van der Waals surface area (Å²) in [5.74, 6) is -0.926. The lowest BCUT2D eigenvalue weighted by Crippen LogP contribution is -2.36. The first-order valence-corrected chi connectivity index (χ1v) is 7.59. The minimum atomic E-state index is -0.494. The summed E-state index contributed by atoms with van der Waals surface area (Å²) in [4.78, 5) is 25.2. The molecule has 23 heavy (non-hydrogen) atoms. The highest BCUT2D eigenvalue weighted by atomic mass is 35.5. The van der Waals surface area contributed by atoms with Gasteiger partial charge in [-0.05, 0) is 31.0 Å². The van der Waals surface area contributed by atoms with E-state index >= 15 is 0 Å². The van der Waals surface area contributed by atoms with E-state index in [-0.39, 0.29) is 17.4 Å². The van der Waals surface area contributed by atoms with Crippen molar-refractivity contribution in [2.75, 3.05) is 18.4 Å². The van der Waals surface area contributed by atoms with E-state index in [1.165, 1.54) is 6.20 Å². The number of carbonyl (C=O) groups excluding carboxylic acids is 2. The number of amides is 2. The number of benzene rings is 1. The van der Waals surface area contributed by atoms with E-state index in [0.717, 1.165) is 0 Å². The van der Waals surface area contributed by atoms with Crippen molar-refractivity contribution in [3.63, 3.8) is 0 Å². The van der Waals surface area contributed by atoms with Crippen molar-refractivity contribution in [2.24, 2.45) is 11.7 Å². The van der Waals surface area contributed by atoms with Gasteiger partial charge in [-0.1, -0.05) is 17.7 Å². The second-order valence-electron chi connectivity index (χ2n) is 5.33. The van der Waals surface area contributed by atoms with Gasteiger partial charge in [0.1, 0.15) is 11.6 Å². The van der Waals surface area contributed by atoms with Crippen LogP contribution in [0.2, 0.25) is 5.02 Å². The van der Waals surface area contributed by atoms with Gasteiger partial charge in [0.2, 0.25) is 5.91 Å². The number of anilines is 1. The molecule has 1 fully saturated rings. The molecule has 0 atom stereocenters. The Hall–Kier alpha value is -2.52. The van der Waals surface area contributed by atoms with Crippen LogP contribution in [0.25, 0.3) is 0 Å². The van der Waals surface area contributed by atoms with Gasteiger partial charge in [-0.25, -0.2) is 0 Å². The largest absolute Gasteiger partial charge is 0.376 e. The molecule has 0 aromatic heterocycles. The van der Waals surface area contributed by atoms with Crippen molar-refractivity contribution in [1.82, 2.24) is 4.90 Å². The Morgan fingerprint density at radius 3 is 2.65 bits per heavy atom. The fraction of sp³-hybridized carbons (Fsp3) is 0.312. The first-order chi connectivity index (χ1) is 11.0. The van der Waals surface area contributed by atoms with Crippen LogP contribution in [-0.2, 0) is 9.59 Å². The van der Waals surface area contributed by atoms with Crippen molar-refractivity contribution >= 4 is 29.1 Å². The minimum absolute atomic E-state index is 0.00232. The highest BCUT2D eigenvalue weighted by Gasteiger charge is 2.22. The first-order valence-electron chi connectivity index (χ1n) is 7.22. The first kappa shape index (κ1) is 16.8. The van der Waals surface area contributed by atoms with Crippen LogP contribution in [0.1, 0.15) is 12.8 Å². The lowest BCUT2D eigenvalue weighted by molar-refractivity contribution is -0.123. The molecule has 0 saturated carbocycles. The molecule has 7 heteroatoms. The maximum absolute atomic E-state index is 12.2. The molecule has 2 rings (SSSR count). The molecule has 120 valence electrons. The molecule has 1 aliphatic rings. The molecule has 1 heterocycles. The molecule has 0 bridgehead atoms. The molecular weight excluding hydrogens is 316 g/mol. The molecule has 0 spiro atoms. The molecule has 0 unspecified atom stereocenters. The Bertz CT molecular complexity index is 673. The van der Waals surface area contributed by atoms with Crippen LogP contribution in [-0.4, -0.2) is 29.8 Å². The zero-order chi connectivity index (χ0) is 16.8. The number of likely N-dealkylation sites (tertiary alicyclic amines) is 1. The molecular formula is C16H17ClN4O2. The van der Waals surface area contributed by atoms with E-state index in [1.807, 2.05) is 11.0 Å². The Labute approximate surface area is 139 Å². The zero-order valence-electron chi connectivity index (χ0n) is 12.5.